The van der Waals surface area contributed by atoms with Crippen LogP contribution in [0, 0.1) is 6.92 Å². The quantitative estimate of drug-likeness (QED) is 0.730. The summed E-state index contributed by atoms with van der Waals surface area (Å²) in [7, 11) is 0. The molecule has 19 heavy (non-hydrogen) atoms. The number of nitrogens with one attached hydrogen (secondary N) is 1. The molecule has 0 aromatic carbocycles. The van der Waals surface area contributed by atoms with Crippen molar-refractivity contribution in [1.29, 1.82) is 0 Å². The first-order valence-electron chi connectivity index (χ1n) is 6.98. The van der Waals surface area contributed by atoms with Gasteiger partial charge in [0, 0.05) is 12.1 Å². The topological polar surface area (TPSA) is 79.4 Å². The van der Waals surface area contributed by atoms with Gasteiger partial charge in [-0.1, -0.05) is 0 Å². The zero-order valence-electron chi connectivity index (χ0n) is 12.3. The van der Waals surface area contributed by atoms with Crippen LogP contribution in [0.4, 0.5) is 0 Å². The molecular formula is C13H13N3O3. The third kappa shape index (κ3) is 1.89. The van der Waals surface area contributed by atoms with Crippen LogP contribution in [0.5, 0.6) is 0 Å². The number of imide groups is 1. The van der Waals surface area contributed by atoms with Crippen molar-refractivity contribution in [1.82, 2.24) is 15.2 Å². The van der Waals surface area contributed by atoms with Gasteiger partial charge in [-0.25, -0.2) is 0 Å². The summed E-state index contributed by atoms with van der Waals surface area (Å²) >= 11 is 0. The van der Waals surface area contributed by atoms with E-state index < -0.39 is 30.3 Å². The van der Waals surface area contributed by atoms with Crippen LogP contribution in [0.15, 0.2) is 12.1 Å². The number of hydrogen-bond donors (Lipinski definition) is 1. The van der Waals surface area contributed by atoms with E-state index in [1.54, 1.807) is 13.0 Å². The molecule has 0 bridgehead atoms. The van der Waals surface area contributed by atoms with E-state index in [0.29, 0.717) is 5.69 Å². The van der Waals surface area contributed by atoms with E-state index in [4.69, 9.17) is 2.74 Å². The summed E-state index contributed by atoms with van der Waals surface area (Å²) in [6.45, 7) is -0.462. The largest absolute Gasteiger partial charge is 0.321 e. The molecule has 0 saturated carbocycles. The Morgan fingerprint density at radius 3 is 2.95 bits per heavy atom. The lowest BCUT2D eigenvalue weighted by molar-refractivity contribution is -0.136. The summed E-state index contributed by atoms with van der Waals surface area (Å²) < 4.78 is 16.3. The summed E-state index contributed by atoms with van der Waals surface area (Å²) in [6, 6.07) is 2.14. The van der Waals surface area contributed by atoms with Gasteiger partial charge in [0.2, 0.25) is 11.8 Å². The molecule has 6 nitrogen and oxygen atoms in total. The van der Waals surface area contributed by atoms with Crippen LogP contribution in [-0.2, 0) is 16.1 Å². The van der Waals surface area contributed by atoms with E-state index in [0.717, 1.165) is 4.90 Å². The molecule has 0 spiro atoms. The van der Waals surface area contributed by atoms with Gasteiger partial charge in [-0.05, 0) is 25.5 Å². The van der Waals surface area contributed by atoms with Gasteiger partial charge in [0.05, 0.1) is 20.5 Å². The van der Waals surface area contributed by atoms with Crippen molar-refractivity contribution in [3.05, 3.63) is 29.1 Å². The van der Waals surface area contributed by atoms with Crippen molar-refractivity contribution < 1.29 is 17.1 Å². The molecule has 1 unspecified atom stereocenters. The van der Waals surface area contributed by atoms with Gasteiger partial charge in [-0.3, -0.25) is 24.7 Å². The van der Waals surface area contributed by atoms with Gasteiger partial charge in [0.25, 0.3) is 5.91 Å². The number of rotatable bonds is 1. The number of aryl methyl sites for hydroxylation is 1. The minimum atomic E-state index is -2.17. The monoisotopic (exact) mass is 261 g/mol. The Kier molecular flexibility index (Phi) is 2.11. The molecule has 2 aliphatic rings. The standard InChI is InChI=1S/C13H13N3O3/c1-7-2-3-8-9(14-7)6-16(13(8)19)10-4-5-11(17)15-12(10)18/h2-3,10H,4-6H2,1H3,(H,15,17,18)/i6D2. The van der Waals surface area contributed by atoms with Gasteiger partial charge < -0.3 is 4.90 Å². The average molecular weight is 261 g/mol. The van der Waals surface area contributed by atoms with Crippen molar-refractivity contribution in [2.75, 3.05) is 0 Å². The third-order valence-electron chi connectivity index (χ3n) is 3.23. The third-order valence-corrected chi connectivity index (χ3v) is 3.23. The van der Waals surface area contributed by atoms with Crippen LogP contribution in [0.3, 0.4) is 0 Å². The van der Waals surface area contributed by atoms with E-state index in [9.17, 15) is 14.4 Å². The summed E-state index contributed by atoms with van der Waals surface area (Å²) in [5.41, 5.74) is 0.781. The molecule has 1 N–H and O–H groups in total. The SMILES string of the molecule is [2H]C1([2H])c2nc(C)ccc2C(=O)N1C1CCC(=O)NC1=O. The van der Waals surface area contributed by atoms with E-state index in [2.05, 4.69) is 10.3 Å². The zero-order valence-corrected chi connectivity index (χ0v) is 10.3. The first-order chi connectivity index (χ1) is 9.82. The summed E-state index contributed by atoms with van der Waals surface area (Å²) in [5, 5.41) is 2.14. The van der Waals surface area contributed by atoms with E-state index in [-0.39, 0.29) is 24.1 Å². The fraction of sp³-hybridized carbons (Fsp3) is 0.385. The average Bonchev–Trinajstić information content (AvgIpc) is 2.59. The second-order valence-corrected chi connectivity index (χ2v) is 4.60. The Bertz CT molecular complexity index is 675. The number of pyridine rings is 1. The fourth-order valence-electron chi connectivity index (χ4n) is 2.26. The lowest BCUT2D eigenvalue weighted by Gasteiger charge is -2.29. The predicted molar refractivity (Wildman–Crippen MR) is 65.0 cm³/mol. The van der Waals surface area contributed by atoms with Crippen molar-refractivity contribution in [2.24, 2.45) is 0 Å². The number of carbonyl (C=O) groups excluding carboxylic acids is 3. The highest BCUT2D eigenvalue weighted by molar-refractivity contribution is 6.05. The molecule has 1 atom stereocenters. The summed E-state index contributed by atoms with van der Waals surface area (Å²) in [6.07, 6.45) is 0.196. The highest BCUT2D eigenvalue weighted by Gasteiger charge is 2.39. The van der Waals surface area contributed by atoms with Crippen LogP contribution in [-0.4, -0.2) is 33.6 Å². The maximum atomic E-state index is 12.4. The van der Waals surface area contributed by atoms with Gasteiger partial charge in [0.15, 0.2) is 0 Å². The van der Waals surface area contributed by atoms with Gasteiger partial charge in [-0.15, -0.1) is 0 Å². The molecule has 3 amide bonds. The maximum absolute atomic E-state index is 12.4. The number of fused-ring (bicyclic) bond motifs is 1. The Morgan fingerprint density at radius 2 is 2.21 bits per heavy atom. The highest BCUT2D eigenvalue weighted by atomic mass is 16.2. The second kappa shape index (κ2) is 4.15. The Labute approximate surface area is 112 Å². The van der Waals surface area contributed by atoms with Gasteiger partial charge in [0.1, 0.15) is 6.04 Å². The number of nitrogens with zero attached hydrogens (tertiary/aromatic N) is 2. The molecule has 6 heteroatoms. The van der Waals surface area contributed by atoms with Crippen LogP contribution < -0.4 is 5.32 Å². The molecule has 1 aromatic rings. The number of hydrogen-bond acceptors (Lipinski definition) is 4. The minimum Gasteiger partial charge on any atom is -0.321 e. The van der Waals surface area contributed by atoms with Crippen LogP contribution in [0.25, 0.3) is 0 Å². The van der Waals surface area contributed by atoms with Gasteiger partial charge in [-0.2, -0.15) is 0 Å². The van der Waals surface area contributed by atoms with Crippen LogP contribution in [0.2, 0.25) is 0 Å². The van der Waals surface area contributed by atoms with Crippen molar-refractivity contribution >= 4 is 17.7 Å². The zero-order chi connectivity index (χ0) is 15.4. The maximum Gasteiger partial charge on any atom is 0.256 e. The van der Waals surface area contributed by atoms with Crippen molar-refractivity contribution in [3.63, 3.8) is 0 Å². The van der Waals surface area contributed by atoms with E-state index in [1.807, 2.05) is 0 Å². The van der Waals surface area contributed by atoms with Crippen molar-refractivity contribution in [3.8, 4) is 0 Å². The summed E-state index contributed by atoms with van der Waals surface area (Å²) in [4.78, 5) is 40.6. The number of carbonyl (C=O) groups is 3. The molecule has 98 valence electrons. The Balaban J connectivity index is 2.04. The number of piperidine rings is 1. The first-order valence-corrected chi connectivity index (χ1v) is 5.98. The predicted octanol–water partition coefficient (Wildman–Crippen LogP) is 0.151. The lowest BCUT2D eigenvalue weighted by atomic mass is 10.0. The van der Waals surface area contributed by atoms with E-state index in [1.165, 1.54) is 6.07 Å². The molecule has 2 aliphatic heterocycles. The second-order valence-electron chi connectivity index (χ2n) is 4.60. The Hall–Kier alpha value is -2.24. The van der Waals surface area contributed by atoms with Gasteiger partial charge >= 0.3 is 0 Å². The van der Waals surface area contributed by atoms with Crippen LogP contribution >= 0.6 is 0 Å². The molecule has 0 radical (unpaired) electrons. The Morgan fingerprint density at radius 1 is 1.42 bits per heavy atom. The molecular weight excluding hydrogens is 246 g/mol. The first kappa shape index (κ1) is 9.66. The molecule has 3 heterocycles. The summed E-state index contributed by atoms with van der Waals surface area (Å²) in [5.74, 6) is -1.63. The minimum absolute atomic E-state index is 0.0252. The highest BCUT2D eigenvalue weighted by Crippen LogP contribution is 2.26. The molecule has 1 fully saturated rings. The van der Waals surface area contributed by atoms with Crippen molar-refractivity contribution in [2.45, 2.75) is 32.3 Å². The fourth-order valence-corrected chi connectivity index (χ4v) is 2.26. The number of amides is 3. The normalized spacial score (nSPS) is 26.7. The molecule has 0 aliphatic carbocycles. The van der Waals surface area contributed by atoms with E-state index >= 15 is 0 Å². The molecule has 1 saturated heterocycles. The smallest absolute Gasteiger partial charge is 0.256 e. The lowest BCUT2D eigenvalue weighted by Crippen LogP contribution is -2.52. The molecule has 3 rings (SSSR count). The molecule has 1 aromatic heterocycles. The van der Waals surface area contributed by atoms with Crippen LogP contribution in [0.1, 0.15) is 37.3 Å². The number of aromatic nitrogens is 1.